The van der Waals surface area contributed by atoms with E-state index in [0.717, 1.165) is 4.57 Å². The molecule has 33 heavy (non-hydrogen) atoms. The van der Waals surface area contributed by atoms with Crippen LogP contribution in [-0.2, 0) is 18.9 Å². The Hall–Kier alpha value is -3.99. The molecule has 0 spiro atoms. The standard InChI is InChI=1S/C22H18BrN5O5/c1-12(29)24-13-5-4-6-14(9-13)27-11-18-19(21(30)26(3)22(31)25(18)2)20(27)16-10-15(28(32)33)7-8-17(16)23/h4-11H,1-3H3,(H,24,29). The molecule has 4 aromatic rings. The monoisotopic (exact) mass is 511 g/mol. The molecule has 2 aromatic heterocycles. The van der Waals surface area contributed by atoms with Gasteiger partial charge in [-0.25, -0.2) is 4.79 Å². The van der Waals surface area contributed by atoms with Crippen molar-refractivity contribution < 1.29 is 9.72 Å². The van der Waals surface area contributed by atoms with Crippen molar-refractivity contribution in [1.29, 1.82) is 0 Å². The number of hydrogen-bond donors (Lipinski definition) is 1. The first-order valence-electron chi connectivity index (χ1n) is 9.73. The lowest BCUT2D eigenvalue weighted by molar-refractivity contribution is -0.384. The Morgan fingerprint density at radius 3 is 2.48 bits per heavy atom. The first-order chi connectivity index (χ1) is 15.6. The third kappa shape index (κ3) is 3.76. The van der Waals surface area contributed by atoms with Crippen molar-refractivity contribution in [2.24, 2.45) is 14.1 Å². The number of nitro benzene ring substituents is 1. The summed E-state index contributed by atoms with van der Waals surface area (Å²) in [7, 11) is 2.93. The van der Waals surface area contributed by atoms with Crippen LogP contribution in [0.15, 0.2) is 62.7 Å². The summed E-state index contributed by atoms with van der Waals surface area (Å²) in [4.78, 5) is 48.2. The Bertz CT molecular complexity index is 1580. The number of amides is 1. The van der Waals surface area contributed by atoms with Gasteiger partial charge in [0.25, 0.3) is 11.2 Å². The first-order valence-corrected chi connectivity index (χ1v) is 10.5. The molecular weight excluding hydrogens is 494 g/mol. The zero-order chi connectivity index (χ0) is 24.0. The molecule has 168 valence electrons. The van der Waals surface area contributed by atoms with E-state index in [9.17, 15) is 24.5 Å². The molecule has 1 amide bonds. The zero-order valence-electron chi connectivity index (χ0n) is 17.8. The predicted molar refractivity (Wildman–Crippen MR) is 128 cm³/mol. The fourth-order valence-corrected chi connectivity index (χ4v) is 4.19. The van der Waals surface area contributed by atoms with E-state index in [1.165, 1.54) is 36.7 Å². The molecule has 0 bridgehead atoms. The molecule has 4 rings (SSSR count). The molecule has 0 fully saturated rings. The van der Waals surface area contributed by atoms with Gasteiger partial charge in [-0.2, -0.15) is 0 Å². The molecule has 0 saturated carbocycles. The molecule has 0 aliphatic heterocycles. The van der Waals surface area contributed by atoms with Crippen LogP contribution in [0.2, 0.25) is 0 Å². The van der Waals surface area contributed by atoms with E-state index in [0.29, 0.717) is 32.6 Å². The van der Waals surface area contributed by atoms with Crippen LogP contribution in [-0.4, -0.2) is 24.5 Å². The summed E-state index contributed by atoms with van der Waals surface area (Å²) in [6.45, 7) is 1.39. The highest BCUT2D eigenvalue weighted by Crippen LogP contribution is 2.37. The number of hydrogen-bond acceptors (Lipinski definition) is 5. The largest absolute Gasteiger partial charge is 0.330 e. The third-order valence-corrected chi connectivity index (χ3v) is 5.99. The maximum atomic E-state index is 13.2. The number of fused-ring (bicyclic) bond motifs is 1. The molecule has 2 heterocycles. The normalized spacial score (nSPS) is 11.0. The first kappa shape index (κ1) is 22.2. The number of nitrogens with zero attached hydrogens (tertiary/aromatic N) is 4. The Morgan fingerprint density at radius 2 is 1.82 bits per heavy atom. The quantitative estimate of drug-likeness (QED) is 0.332. The number of nitro groups is 1. The van der Waals surface area contributed by atoms with Crippen molar-refractivity contribution in [1.82, 2.24) is 13.7 Å². The summed E-state index contributed by atoms with van der Waals surface area (Å²) in [5, 5.41) is 14.4. The number of nitrogens with one attached hydrogen (secondary N) is 1. The number of rotatable bonds is 4. The summed E-state index contributed by atoms with van der Waals surface area (Å²) in [5.41, 5.74) is 1.07. The van der Waals surface area contributed by atoms with Gasteiger partial charge in [-0.3, -0.25) is 28.8 Å². The number of carbonyl (C=O) groups excluding carboxylic acids is 1. The van der Waals surface area contributed by atoms with E-state index in [2.05, 4.69) is 21.2 Å². The average molecular weight is 512 g/mol. The average Bonchev–Trinajstić information content (AvgIpc) is 3.16. The molecule has 11 heteroatoms. The van der Waals surface area contributed by atoms with Gasteiger partial charge in [-0.05, 0) is 24.3 Å². The molecule has 0 unspecified atom stereocenters. The van der Waals surface area contributed by atoms with Gasteiger partial charge in [0.2, 0.25) is 5.91 Å². The Morgan fingerprint density at radius 1 is 1.09 bits per heavy atom. The topological polar surface area (TPSA) is 121 Å². The summed E-state index contributed by atoms with van der Waals surface area (Å²) >= 11 is 3.45. The van der Waals surface area contributed by atoms with Crippen molar-refractivity contribution in [2.45, 2.75) is 6.92 Å². The fourth-order valence-electron chi connectivity index (χ4n) is 3.75. The number of anilines is 1. The van der Waals surface area contributed by atoms with Gasteiger partial charge in [-0.15, -0.1) is 0 Å². The van der Waals surface area contributed by atoms with Gasteiger partial charge in [0.1, 0.15) is 0 Å². The van der Waals surface area contributed by atoms with Crippen LogP contribution in [0, 0.1) is 10.1 Å². The number of non-ortho nitro benzene ring substituents is 1. The minimum absolute atomic E-state index is 0.150. The van der Waals surface area contributed by atoms with Crippen LogP contribution >= 0.6 is 15.9 Å². The van der Waals surface area contributed by atoms with Crippen LogP contribution in [0.25, 0.3) is 27.8 Å². The second-order valence-electron chi connectivity index (χ2n) is 7.47. The summed E-state index contributed by atoms with van der Waals surface area (Å²) in [6, 6.07) is 11.2. The third-order valence-electron chi connectivity index (χ3n) is 5.30. The van der Waals surface area contributed by atoms with E-state index >= 15 is 0 Å². The molecule has 0 saturated heterocycles. The number of aromatic nitrogens is 3. The molecule has 0 radical (unpaired) electrons. The van der Waals surface area contributed by atoms with Crippen molar-refractivity contribution in [2.75, 3.05) is 5.32 Å². The molecular formula is C22H18BrN5O5. The zero-order valence-corrected chi connectivity index (χ0v) is 19.4. The van der Waals surface area contributed by atoms with Crippen LogP contribution in [0.4, 0.5) is 11.4 Å². The van der Waals surface area contributed by atoms with Gasteiger partial charge in [0, 0.05) is 60.8 Å². The number of carbonyl (C=O) groups is 1. The Labute approximate surface area is 195 Å². The van der Waals surface area contributed by atoms with Gasteiger partial charge in [0.05, 0.1) is 21.5 Å². The molecule has 10 nitrogen and oxygen atoms in total. The smallest absolute Gasteiger partial charge is 0.326 e. The van der Waals surface area contributed by atoms with E-state index in [4.69, 9.17) is 0 Å². The maximum absolute atomic E-state index is 13.2. The Balaban J connectivity index is 2.17. The lowest BCUT2D eigenvalue weighted by atomic mass is 10.1. The van der Waals surface area contributed by atoms with Crippen molar-refractivity contribution in [3.8, 4) is 16.9 Å². The minimum atomic E-state index is -0.529. The maximum Gasteiger partial charge on any atom is 0.330 e. The molecule has 0 aliphatic carbocycles. The molecule has 0 aliphatic rings. The van der Waals surface area contributed by atoms with E-state index in [1.54, 1.807) is 42.1 Å². The Kier molecular flexibility index (Phi) is 5.50. The highest BCUT2D eigenvalue weighted by Gasteiger charge is 2.23. The van der Waals surface area contributed by atoms with Gasteiger partial charge in [-0.1, -0.05) is 22.0 Å². The van der Waals surface area contributed by atoms with E-state index in [1.807, 2.05) is 0 Å². The van der Waals surface area contributed by atoms with Gasteiger partial charge < -0.3 is 9.88 Å². The van der Waals surface area contributed by atoms with Crippen molar-refractivity contribution in [3.63, 3.8) is 0 Å². The summed E-state index contributed by atoms with van der Waals surface area (Å²) in [5.74, 6) is -0.247. The van der Waals surface area contributed by atoms with E-state index in [-0.39, 0.29) is 17.0 Å². The summed E-state index contributed by atoms with van der Waals surface area (Å²) in [6.07, 6.45) is 1.63. The SMILES string of the molecule is CC(=O)Nc1cccc(-n2cc3c(c2-c2cc([N+](=O)[O-])ccc2Br)c(=O)n(C)c(=O)n3C)c1. The van der Waals surface area contributed by atoms with Crippen molar-refractivity contribution >= 4 is 44.1 Å². The van der Waals surface area contributed by atoms with Crippen LogP contribution < -0.4 is 16.6 Å². The lowest BCUT2D eigenvalue weighted by Gasteiger charge is -2.13. The number of benzene rings is 2. The second-order valence-corrected chi connectivity index (χ2v) is 8.32. The fraction of sp³-hybridized carbons (Fsp3) is 0.136. The van der Waals surface area contributed by atoms with Gasteiger partial charge in [0.15, 0.2) is 0 Å². The van der Waals surface area contributed by atoms with Crippen LogP contribution in [0.3, 0.4) is 0 Å². The highest BCUT2D eigenvalue weighted by atomic mass is 79.9. The van der Waals surface area contributed by atoms with Crippen molar-refractivity contribution in [3.05, 3.63) is 84.1 Å². The lowest BCUT2D eigenvalue weighted by Crippen LogP contribution is -2.36. The van der Waals surface area contributed by atoms with Gasteiger partial charge >= 0.3 is 5.69 Å². The van der Waals surface area contributed by atoms with Crippen LogP contribution in [0.5, 0.6) is 0 Å². The predicted octanol–water partition coefficient (Wildman–Crippen LogP) is 3.32. The highest BCUT2D eigenvalue weighted by molar-refractivity contribution is 9.10. The number of halogens is 1. The molecule has 1 N–H and O–H groups in total. The van der Waals surface area contributed by atoms with Crippen LogP contribution in [0.1, 0.15) is 6.92 Å². The minimum Gasteiger partial charge on any atom is -0.326 e. The summed E-state index contributed by atoms with van der Waals surface area (Å²) < 4.78 is 4.55. The van der Waals surface area contributed by atoms with E-state index < -0.39 is 16.2 Å². The number of aryl methyl sites for hydroxylation is 1. The molecule has 2 aromatic carbocycles. The molecule has 0 atom stereocenters. The second kappa shape index (κ2) is 8.17.